The molecular weight excluding hydrogens is 439 g/mol. The molecule has 0 bridgehead atoms. The van der Waals surface area contributed by atoms with Crippen LogP contribution in [-0.4, -0.2) is 40.7 Å². The van der Waals surface area contributed by atoms with Gasteiger partial charge in [-0.3, -0.25) is 9.39 Å². The number of nitrogens with zero attached hydrogens (tertiary/aromatic N) is 4. The number of aromatic nitrogens is 3. The van der Waals surface area contributed by atoms with Crippen LogP contribution < -0.4 is 10.6 Å². The Morgan fingerprint density at radius 1 is 1.00 bits per heavy atom. The van der Waals surface area contributed by atoms with E-state index in [0.717, 1.165) is 36.9 Å². The first kappa shape index (κ1) is 22.7. The molecule has 0 aliphatic carbocycles. The minimum absolute atomic E-state index is 0. The molecule has 26 heavy (non-hydrogen) atoms. The lowest BCUT2D eigenvalue weighted by Gasteiger charge is -2.11. The van der Waals surface area contributed by atoms with Crippen molar-refractivity contribution in [3.8, 4) is 0 Å². The van der Waals surface area contributed by atoms with E-state index in [2.05, 4.69) is 32.7 Å². The Morgan fingerprint density at radius 3 is 2.50 bits per heavy atom. The predicted molar refractivity (Wildman–Crippen MR) is 119 cm³/mol. The van der Waals surface area contributed by atoms with Gasteiger partial charge < -0.3 is 10.6 Å². The summed E-state index contributed by atoms with van der Waals surface area (Å²) in [5.41, 5.74) is 0.888. The third kappa shape index (κ3) is 7.88. The SMILES string of the molecule is CCCCCCCCCNC(=NC)NCCc1nnc2ccccn12.I. The Hall–Kier alpha value is -1.38. The van der Waals surface area contributed by atoms with Crippen LogP contribution in [0.4, 0.5) is 0 Å². The molecule has 0 radical (unpaired) electrons. The first-order valence-electron chi connectivity index (χ1n) is 9.58. The summed E-state index contributed by atoms with van der Waals surface area (Å²) in [6.45, 7) is 4.02. The van der Waals surface area contributed by atoms with Crippen LogP contribution in [0.2, 0.25) is 0 Å². The van der Waals surface area contributed by atoms with Crippen LogP contribution in [0.3, 0.4) is 0 Å². The van der Waals surface area contributed by atoms with Gasteiger partial charge in [0.05, 0.1) is 0 Å². The number of pyridine rings is 1. The summed E-state index contributed by atoms with van der Waals surface area (Å²) in [5.74, 6) is 1.82. The molecule has 0 saturated heterocycles. The molecule has 2 aromatic heterocycles. The molecule has 0 fully saturated rings. The minimum atomic E-state index is 0. The molecule has 0 amide bonds. The lowest BCUT2D eigenvalue weighted by Crippen LogP contribution is -2.38. The second kappa shape index (κ2) is 13.8. The monoisotopic (exact) mass is 472 g/mol. The van der Waals surface area contributed by atoms with E-state index in [0.29, 0.717) is 0 Å². The average molecular weight is 472 g/mol. The largest absolute Gasteiger partial charge is 0.356 e. The number of guanidine groups is 1. The van der Waals surface area contributed by atoms with Crippen molar-refractivity contribution in [1.82, 2.24) is 25.2 Å². The highest BCUT2D eigenvalue weighted by Gasteiger charge is 2.04. The molecule has 0 unspecified atom stereocenters. The van der Waals surface area contributed by atoms with Crippen molar-refractivity contribution in [3.63, 3.8) is 0 Å². The fraction of sp³-hybridized carbons (Fsp3) is 0.632. The topological polar surface area (TPSA) is 66.6 Å². The van der Waals surface area contributed by atoms with E-state index in [1.807, 2.05) is 35.8 Å². The zero-order chi connectivity index (χ0) is 17.7. The van der Waals surface area contributed by atoms with Crippen LogP contribution in [0, 0.1) is 0 Å². The highest BCUT2D eigenvalue weighted by molar-refractivity contribution is 14.0. The van der Waals surface area contributed by atoms with Crippen LogP contribution in [0.1, 0.15) is 57.7 Å². The molecule has 2 rings (SSSR count). The number of rotatable bonds is 11. The van der Waals surface area contributed by atoms with Gasteiger partial charge in [-0.15, -0.1) is 34.2 Å². The van der Waals surface area contributed by atoms with Gasteiger partial charge in [0.1, 0.15) is 5.82 Å². The molecule has 0 spiro atoms. The van der Waals surface area contributed by atoms with Crippen molar-refractivity contribution in [2.45, 2.75) is 58.3 Å². The second-order valence-electron chi connectivity index (χ2n) is 6.34. The number of unbranched alkanes of at least 4 members (excludes halogenated alkanes) is 6. The van der Waals surface area contributed by atoms with Gasteiger partial charge in [0.2, 0.25) is 0 Å². The van der Waals surface area contributed by atoms with Crippen molar-refractivity contribution in [3.05, 3.63) is 30.2 Å². The van der Waals surface area contributed by atoms with Crippen LogP contribution in [0.5, 0.6) is 0 Å². The first-order valence-corrected chi connectivity index (χ1v) is 9.58. The third-order valence-corrected chi connectivity index (χ3v) is 4.32. The molecule has 0 atom stereocenters. The Balaban J connectivity index is 0.00000338. The second-order valence-corrected chi connectivity index (χ2v) is 6.34. The number of hydrogen-bond acceptors (Lipinski definition) is 3. The lowest BCUT2D eigenvalue weighted by molar-refractivity contribution is 0.583. The van der Waals surface area contributed by atoms with Gasteiger partial charge >= 0.3 is 0 Å². The fourth-order valence-corrected chi connectivity index (χ4v) is 2.86. The van der Waals surface area contributed by atoms with Gasteiger partial charge in [0.25, 0.3) is 0 Å². The van der Waals surface area contributed by atoms with Gasteiger partial charge in [0.15, 0.2) is 11.6 Å². The maximum atomic E-state index is 4.28. The molecule has 0 aromatic carbocycles. The molecule has 146 valence electrons. The van der Waals surface area contributed by atoms with Crippen LogP contribution in [0.15, 0.2) is 29.4 Å². The highest BCUT2D eigenvalue weighted by Crippen LogP contribution is 2.06. The van der Waals surface area contributed by atoms with Gasteiger partial charge in [-0.1, -0.05) is 51.5 Å². The standard InChI is InChI=1S/C19H32N6.HI/c1-3-4-5-6-7-8-10-14-21-19(20-2)22-15-13-18-24-23-17-12-9-11-16-25(17)18;/h9,11-12,16H,3-8,10,13-15H2,1-2H3,(H2,20,21,22);1H. The maximum absolute atomic E-state index is 4.28. The predicted octanol–water partition coefficient (Wildman–Crippen LogP) is 3.81. The van der Waals surface area contributed by atoms with Crippen molar-refractivity contribution < 1.29 is 0 Å². The van der Waals surface area contributed by atoms with E-state index >= 15 is 0 Å². The molecular formula is C19H33IN6. The summed E-state index contributed by atoms with van der Waals surface area (Å²) in [5, 5.41) is 15.2. The number of aliphatic imine (C=N–C) groups is 1. The average Bonchev–Trinajstić information content (AvgIpc) is 3.05. The lowest BCUT2D eigenvalue weighted by atomic mass is 10.1. The molecule has 0 saturated carbocycles. The molecule has 2 N–H and O–H groups in total. The summed E-state index contributed by atoms with van der Waals surface area (Å²) >= 11 is 0. The zero-order valence-corrected chi connectivity index (χ0v) is 18.4. The van der Waals surface area contributed by atoms with E-state index in [4.69, 9.17) is 0 Å². The Kier molecular flexibility index (Phi) is 12.0. The van der Waals surface area contributed by atoms with Crippen LogP contribution in [-0.2, 0) is 6.42 Å². The van der Waals surface area contributed by atoms with E-state index < -0.39 is 0 Å². The summed E-state index contributed by atoms with van der Waals surface area (Å²) < 4.78 is 2.02. The van der Waals surface area contributed by atoms with E-state index in [1.165, 1.54) is 44.9 Å². The van der Waals surface area contributed by atoms with Crippen molar-refractivity contribution >= 4 is 35.6 Å². The van der Waals surface area contributed by atoms with E-state index in [1.54, 1.807) is 0 Å². The molecule has 0 aliphatic rings. The van der Waals surface area contributed by atoms with Gasteiger partial charge in [0, 0.05) is 32.8 Å². The quantitative estimate of drug-likeness (QED) is 0.226. The van der Waals surface area contributed by atoms with E-state index in [9.17, 15) is 0 Å². The Morgan fingerprint density at radius 2 is 1.73 bits per heavy atom. The number of fused-ring (bicyclic) bond motifs is 1. The minimum Gasteiger partial charge on any atom is -0.356 e. The summed E-state index contributed by atoms with van der Waals surface area (Å²) in [6, 6.07) is 5.93. The third-order valence-electron chi connectivity index (χ3n) is 4.32. The number of halogens is 1. The zero-order valence-electron chi connectivity index (χ0n) is 16.1. The highest BCUT2D eigenvalue weighted by atomic mass is 127. The van der Waals surface area contributed by atoms with Crippen LogP contribution in [0.25, 0.3) is 5.65 Å². The number of nitrogens with one attached hydrogen (secondary N) is 2. The molecule has 0 aliphatic heterocycles. The molecule has 2 aromatic rings. The fourth-order valence-electron chi connectivity index (χ4n) is 2.86. The normalized spacial score (nSPS) is 11.4. The molecule has 7 heteroatoms. The Labute approximate surface area is 174 Å². The Bertz CT molecular complexity index is 640. The van der Waals surface area contributed by atoms with Crippen molar-refractivity contribution in [2.24, 2.45) is 4.99 Å². The van der Waals surface area contributed by atoms with Gasteiger partial charge in [-0.25, -0.2) is 0 Å². The van der Waals surface area contributed by atoms with Crippen LogP contribution >= 0.6 is 24.0 Å². The summed E-state index contributed by atoms with van der Waals surface area (Å²) in [7, 11) is 1.81. The van der Waals surface area contributed by atoms with Gasteiger partial charge in [-0.2, -0.15) is 0 Å². The maximum Gasteiger partial charge on any atom is 0.190 e. The number of hydrogen-bond donors (Lipinski definition) is 2. The van der Waals surface area contributed by atoms with Crippen molar-refractivity contribution in [2.75, 3.05) is 20.1 Å². The van der Waals surface area contributed by atoms with Crippen molar-refractivity contribution in [1.29, 1.82) is 0 Å². The first-order chi connectivity index (χ1) is 12.3. The molecule has 2 heterocycles. The van der Waals surface area contributed by atoms with E-state index in [-0.39, 0.29) is 24.0 Å². The molecule has 6 nitrogen and oxygen atoms in total. The smallest absolute Gasteiger partial charge is 0.190 e. The summed E-state index contributed by atoms with van der Waals surface area (Å²) in [6.07, 6.45) is 12.1. The van der Waals surface area contributed by atoms with Gasteiger partial charge in [-0.05, 0) is 18.6 Å². The summed E-state index contributed by atoms with van der Waals surface area (Å²) in [4.78, 5) is 4.28.